The molecule has 0 unspecified atom stereocenters. The van der Waals surface area contributed by atoms with Gasteiger partial charge in [-0.2, -0.15) is 0 Å². The lowest BCUT2D eigenvalue weighted by molar-refractivity contribution is -0.115. The molecule has 1 aromatic rings. The molecule has 0 aliphatic rings. The molecule has 0 bridgehead atoms. The van der Waals surface area contributed by atoms with E-state index in [2.05, 4.69) is 4.74 Å². The zero-order valence-electron chi connectivity index (χ0n) is 11.0. The predicted molar refractivity (Wildman–Crippen MR) is 68.6 cm³/mol. The number of sulfonamides is 1. The van der Waals surface area contributed by atoms with Crippen molar-refractivity contribution in [3.63, 3.8) is 0 Å². The van der Waals surface area contributed by atoms with Gasteiger partial charge in [0.15, 0.2) is 17.5 Å². The van der Waals surface area contributed by atoms with Crippen LogP contribution in [0.5, 0.6) is 0 Å². The van der Waals surface area contributed by atoms with Gasteiger partial charge >= 0.3 is 0 Å². The minimum atomic E-state index is -3.72. The van der Waals surface area contributed by atoms with Gasteiger partial charge in [0.05, 0.1) is 24.6 Å². The zero-order chi connectivity index (χ0) is 16.0. The van der Waals surface area contributed by atoms with E-state index in [9.17, 15) is 26.4 Å². The molecule has 0 saturated heterocycles. The number of rotatable bonds is 7. The van der Waals surface area contributed by atoms with Gasteiger partial charge in [0.25, 0.3) is 0 Å². The number of halogens is 3. The van der Waals surface area contributed by atoms with E-state index in [1.807, 2.05) is 10.0 Å². The highest BCUT2D eigenvalue weighted by Crippen LogP contribution is 2.19. The zero-order valence-corrected chi connectivity index (χ0v) is 11.8. The van der Waals surface area contributed by atoms with E-state index < -0.39 is 45.6 Å². The molecule has 0 heterocycles. The smallest absolute Gasteiger partial charge is 0.239 e. The van der Waals surface area contributed by atoms with E-state index in [-0.39, 0.29) is 12.4 Å². The van der Waals surface area contributed by atoms with Gasteiger partial charge in [0.1, 0.15) is 0 Å². The van der Waals surface area contributed by atoms with Gasteiger partial charge < -0.3 is 10.1 Å². The second-order valence-electron chi connectivity index (χ2n) is 3.90. The summed E-state index contributed by atoms with van der Waals surface area (Å²) in [7, 11) is -2.41. The number of ether oxygens (including phenoxy) is 1. The number of carbonyl (C=O) groups is 1. The largest absolute Gasteiger partial charge is 0.384 e. The summed E-state index contributed by atoms with van der Waals surface area (Å²) in [5, 5.41) is 1.93. The Hall–Kier alpha value is -1.65. The summed E-state index contributed by atoms with van der Waals surface area (Å²) in [6.45, 7) is -0.737. The minimum absolute atomic E-state index is 0.0608. The first-order chi connectivity index (χ1) is 9.76. The number of amides is 1. The van der Waals surface area contributed by atoms with Crippen molar-refractivity contribution in [1.82, 2.24) is 4.72 Å². The summed E-state index contributed by atoms with van der Waals surface area (Å²) in [6, 6.07) is 1.46. The molecule has 0 aliphatic carbocycles. The van der Waals surface area contributed by atoms with Crippen LogP contribution >= 0.6 is 0 Å². The third-order valence-corrected chi connectivity index (χ3v) is 3.61. The van der Waals surface area contributed by atoms with Crippen LogP contribution in [-0.2, 0) is 19.6 Å². The van der Waals surface area contributed by atoms with Gasteiger partial charge in [0, 0.05) is 7.11 Å². The van der Waals surface area contributed by atoms with Crippen LogP contribution in [0.1, 0.15) is 0 Å². The Morgan fingerprint density at radius 1 is 1.24 bits per heavy atom. The number of hydrogen-bond donors (Lipinski definition) is 2. The van der Waals surface area contributed by atoms with Crippen LogP contribution in [0.3, 0.4) is 0 Å². The third kappa shape index (κ3) is 5.33. The fourth-order valence-electron chi connectivity index (χ4n) is 1.26. The standard InChI is InChI=1S/C11H13F3N2O4S/c1-20-4-5-21(18,19)15-6-9(17)16-8-3-2-7(12)10(13)11(8)14/h2-3,15H,4-6H2,1H3,(H,16,17). The Balaban J connectivity index is 2.61. The Kier molecular flexibility index (Phi) is 6.12. The predicted octanol–water partition coefficient (Wildman–Crippen LogP) is 0.608. The van der Waals surface area contributed by atoms with Crippen LogP contribution < -0.4 is 10.0 Å². The number of nitrogens with one attached hydrogen (secondary N) is 2. The Labute approximate surface area is 119 Å². The third-order valence-electron chi connectivity index (χ3n) is 2.32. The average Bonchev–Trinajstić information content (AvgIpc) is 2.44. The summed E-state index contributed by atoms with van der Waals surface area (Å²) >= 11 is 0. The maximum absolute atomic E-state index is 13.3. The van der Waals surface area contributed by atoms with Gasteiger partial charge in [-0.1, -0.05) is 0 Å². The van der Waals surface area contributed by atoms with E-state index in [0.29, 0.717) is 6.07 Å². The van der Waals surface area contributed by atoms with Crippen molar-refractivity contribution in [2.75, 3.05) is 31.3 Å². The Bertz CT molecular complexity index is 622. The molecule has 2 N–H and O–H groups in total. The number of methoxy groups -OCH3 is 1. The first-order valence-corrected chi connectivity index (χ1v) is 7.31. The molecule has 1 amide bonds. The molecule has 0 aliphatic heterocycles. The van der Waals surface area contributed by atoms with Gasteiger partial charge in [-0.3, -0.25) is 4.79 Å². The van der Waals surface area contributed by atoms with Crippen molar-refractivity contribution in [3.8, 4) is 0 Å². The minimum Gasteiger partial charge on any atom is -0.384 e. The van der Waals surface area contributed by atoms with Crippen LogP contribution in [0, 0.1) is 17.5 Å². The molecule has 118 valence electrons. The molecular formula is C11H13F3N2O4S. The quantitative estimate of drug-likeness (QED) is 0.719. The van der Waals surface area contributed by atoms with Gasteiger partial charge in [-0.15, -0.1) is 0 Å². The molecule has 21 heavy (non-hydrogen) atoms. The Morgan fingerprint density at radius 2 is 1.90 bits per heavy atom. The monoisotopic (exact) mass is 326 g/mol. The summed E-state index contributed by atoms with van der Waals surface area (Å²) in [4.78, 5) is 11.4. The highest BCUT2D eigenvalue weighted by atomic mass is 32.2. The highest BCUT2D eigenvalue weighted by molar-refractivity contribution is 7.89. The number of carbonyl (C=O) groups excluding carboxylic acids is 1. The van der Waals surface area contributed by atoms with E-state index in [4.69, 9.17) is 0 Å². The lowest BCUT2D eigenvalue weighted by Gasteiger charge is -2.08. The van der Waals surface area contributed by atoms with Gasteiger partial charge in [0.2, 0.25) is 15.9 Å². The SMILES string of the molecule is COCCS(=O)(=O)NCC(=O)Nc1ccc(F)c(F)c1F. The van der Waals surface area contributed by atoms with Crippen LogP contribution in [0.4, 0.5) is 18.9 Å². The van der Waals surface area contributed by atoms with E-state index in [1.165, 1.54) is 7.11 Å². The maximum atomic E-state index is 13.3. The fourth-order valence-corrected chi connectivity index (χ4v) is 2.14. The molecule has 6 nitrogen and oxygen atoms in total. The molecule has 0 fully saturated rings. The first kappa shape index (κ1) is 17.4. The lowest BCUT2D eigenvalue weighted by atomic mass is 10.3. The highest BCUT2D eigenvalue weighted by Gasteiger charge is 2.16. The van der Waals surface area contributed by atoms with Crippen molar-refractivity contribution < 1.29 is 31.1 Å². The molecule has 0 saturated carbocycles. The lowest BCUT2D eigenvalue weighted by Crippen LogP contribution is -2.35. The van der Waals surface area contributed by atoms with Crippen LogP contribution in [0.15, 0.2) is 12.1 Å². The second kappa shape index (κ2) is 7.38. The van der Waals surface area contributed by atoms with Crippen molar-refractivity contribution >= 4 is 21.6 Å². The second-order valence-corrected chi connectivity index (χ2v) is 5.83. The van der Waals surface area contributed by atoms with Crippen molar-refractivity contribution in [2.45, 2.75) is 0 Å². The molecule has 1 rings (SSSR count). The normalized spacial score (nSPS) is 11.4. The van der Waals surface area contributed by atoms with Crippen molar-refractivity contribution in [3.05, 3.63) is 29.6 Å². The van der Waals surface area contributed by atoms with Crippen molar-refractivity contribution in [1.29, 1.82) is 0 Å². The van der Waals surface area contributed by atoms with Gasteiger partial charge in [-0.25, -0.2) is 26.3 Å². The molecule has 0 radical (unpaired) electrons. The molecule has 10 heteroatoms. The average molecular weight is 326 g/mol. The van der Waals surface area contributed by atoms with Crippen LogP contribution in [-0.4, -0.2) is 40.3 Å². The van der Waals surface area contributed by atoms with Crippen molar-refractivity contribution in [2.24, 2.45) is 0 Å². The molecular weight excluding hydrogens is 313 g/mol. The molecule has 1 aromatic carbocycles. The summed E-state index contributed by atoms with van der Waals surface area (Å²) < 4.78 is 68.1. The summed E-state index contributed by atoms with van der Waals surface area (Å²) in [5.41, 5.74) is -0.588. The number of benzene rings is 1. The number of hydrogen-bond acceptors (Lipinski definition) is 4. The van der Waals surface area contributed by atoms with Gasteiger partial charge in [-0.05, 0) is 12.1 Å². The first-order valence-electron chi connectivity index (χ1n) is 5.66. The summed E-state index contributed by atoms with van der Waals surface area (Å²) in [6.07, 6.45) is 0. The molecule has 0 aromatic heterocycles. The summed E-state index contributed by atoms with van der Waals surface area (Å²) in [5.74, 6) is -5.97. The van der Waals surface area contributed by atoms with Crippen LogP contribution in [0.25, 0.3) is 0 Å². The van der Waals surface area contributed by atoms with E-state index in [1.54, 1.807) is 0 Å². The number of anilines is 1. The molecule has 0 spiro atoms. The molecule has 0 atom stereocenters. The van der Waals surface area contributed by atoms with Crippen LogP contribution in [0.2, 0.25) is 0 Å². The maximum Gasteiger partial charge on any atom is 0.239 e. The Morgan fingerprint density at radius 3 is 2.52 bits per heavy atom. The fraction of sp³-hybridized carbons (Fsp3) is 0.364. The van der Waals surface area contributed by atoms with E-state index in [0.717, 1.165) is 6.07 Å². The topological polar surface area (TPSA) is 84.5 Å². The van der Waals surface area contributed by atoms with E-state index >= 15 is 0 Å².